The lowest BCUT2D eigenvalue weighted by molar-refractivity contribution is -0.139. The molecule has 0 unspecified atom stereocenters. The molecule has 5 nitrogen and oxygen atoms in total. The molecule has 0 aliphatic rings. The quantitative estimate of drug-likeness (QED) is 0.380. The van der Waals surface area contributed by atoms with Gasteiger partial charge in [-0.2, -0.15) is 0 Å². The number of carboxylic acid groups (broad SMARTS) is 1. The number of hydrogen-bond acceptors (Lipinski definition) is 4. The summed E-state index contributed by atoms with van der Waals surface area (Å²) in [6.45, 7) is 1.48. The number of ketones is 1. The fraction of sp³-hybridized carbons (Fsp3) is 0.273. The van der Waals surface area contributed by atoms with E-state index >= 15 is 0 Å². The topological polar surface area (TPSA) is 92.4 Å². The predicted molar refractivity (Wildman–Crippen MR) is 58.9 cm³/mol. The van der Waals surface area contributed by atoms with E-state index in [9.17, 15) is 9.59 Å². The van der Waals surface area contributed by atoms with Crippen molar-refractivity contribution >= 4 is 11.8 Å². The van der Waals surface area contributed by atoms with Crippen LogP contribution in [0.2, 0.25) is 0 Å². The average molecular weight is 222 g/mol. The molecule has 86 valence electrons. The second-order valence-corrected chi connectivity index (χ2v) is 3.51. The third-order valence-electron chi connectivity index (χ3n) is 2.30. The highest BCUT2D eigenvalue weighted by Crippen LogP contribution is 2.07. The van der Waals surface area contributed by atoms with Gasteiger partial charge in [0.05, 0.1) is 0 Å². The van der Waals surface area contributed by atoms with Gasteiger partial charge in [0, 0.05) is 5.56 Å². The maximum Gasteiger partial charge on any atom is 0.322 e. The molecule has 0 fully saturated rings. The van der Waals surface area contributed by atoms with E-state index < -0.39 is 12.0 Å². The summed E-state index contributed by atoms with van der Waals surface area (Å²) in [5.74, 6) is 4.10. The lowest BCUT2D eigenvalue weighted by Crippen LogP contribution is -2.42. The highest BCUT2D eigenvalue weighted by molar-refractivity contribution is 5.94. The largest absolute Gasteiger partial charge is 0.480 e. The molecule has 1 aromatic rings. The minimum absolute atomic E-state index is 0.0155. The number of nitrogens with two attached hydrogens (primary N) is 1. The van der Waals surface area contributed by atoms with Crippen molar-refractivity contribution in [3.05, 3.63) is 35.4 Å². The Morgan fingerprint density at radius 3 is 2.31 bits per heavy atom. The Bertz CT molecular complexity index is 387. The van der Waals surface area contributed by atoms with Crippen molar-refractivity contribution in [3.8, 4) is 0 Å². The first-order valence-electron chi connectivity index (χ1n) is 4.83. The van der Waals surface area contributed by atoms with E-state index in [0.717, 1.165) is 5.56 Å². The van der Waals surface area contributed by atoms with E-state index in [1.165, 1.54) is 6.92 Å². The summed E-state index contributed by atoms with van der Waals surface area (Å²) in [5, 5.41) is 8.78. The first kappa shape index (κ1) is 12.4. The normalized spacial score (nSPS) is 12.1. The van der Waals surface area contributed by atoms with Crippen LogP contribution in [0.4, 0.5) is 0 Å². The van der Waals surface area contributed by atoms with Gasteiger partial charge in [-0.3, -0.25) is 15.4 Å². The van der Waals surface area contributed by atoms with Crippen LogP contribution in [0.25, 0.3) is 0 Å². The average Bonchev–Trinajstić information content (AvgIpc) is 2.26. The Labute approximate surface area is 93.2 Å². The zero-order valence-corrected chi connectivity index (χ0v) is 8.93. The molecule has 0 spiro atoms. The van der Waals surface area contributed by atoms with Crippen LogP contribution in [0, 0.1) is 0 Å². The fourth-order valence-electron chi connectivity index (χ4n) is 1.33. The Kier molecular flexibility index (Phi) is 4.16. The predicted octanol–water partition coefficient (Wildman–Crippen LogP) is 0.348. The van der Waals surface area contributed by atoms with Crippen molar-refractivity contribution in [2.45, 2.75) is 19.4 Å². The number of carboxylic acids is 1. The molecule has 5 heteroatoms. The molecule has 0 aliphatic carbocycles. The molecular weight excluding hydrogens is 208 g/mol. The van der Waals surface area contributed by atoms with Gasteiger partial charge >= 0.3 is 5.97 Å². The smallest absolute Gasteiger partial charge is 0.322 e. The number of Topliss-reactive ketones (excluding diaryl/α,β-unsaturated/α-hetero) is 1. The number of carbonyl (C=O) groups is 2. The van der Waals surface area contributed by atoms with Gasteiger partial charge in [0.1, 0.15) is 6.04 Å². The SMILES string of the molecule is CC(=O)c1ccc(C[C@H](NN)C(=O)O)cc1. The zero-order chi connectivity index (χ0) is 12.1. The van der Waals surface area contributed by atoms with Crippen molar-refractivity contribution in [3.63, 3.8) is 0 Å². The molecule has 0 amide bonds. The van der Waals surface area contributed by atoms with Gasteiger partial charge in [-0.1, -0.05) is 24.3 Å². The number of benzene rings is 1. The summed E-state index contributed by atoms with van der Waals surface area (Å²) in [7, 11) is 0. The fourth-order valence-corrected chi connectivity index (χ4v) is 1.33. The zero-order valence-electron chi connectivity index (χ0n) is 8.93. The summed E-state index contributed by atoms with van der Waals surface area (Å²) in [4.78, 5) is 21.7. The maximum absolute atomic E-state index is 11.0. The summed E-state index contributed by atoms with van der Waals surface area (Å²) in [6, 6.07) is 5.98. The van der Waals surface area contributed by atoms with Crippen molar-refractivity contribution in [2.75, 3.05) is 0 Å². The Morgan fingerprint density at radius 1 is 1.38 bits per heavy atom. The summed E-state index contributed by atoms with van der Waals surface area (Å²) >= 11 is 0. The molecule has 0 radical (unpaired) electrons. The van der Waals surface area contributed by atoms with Gasteiger partial charge in [0.15, 0.2) is 5.78 Å². The van der Waals surface area contributed by atoms with Gasteiger partial charge in [0.2, 0.25) is 0 Å². The summed E-state index contributed by atoms with van der Waals surface area (Å²) in [6.07, 6.45) is 0.282. The second kappa shape index (κ2) is 5.39. The molecule has 0 bridgehead atoms. The molecule has 4 N–H and O–H groups in total. The molecule has 0 aromatic heterocycles. The van der Waals surface area contributed by atoms with Gasteiger partial charge in [-0.25, -0.2) is 5.43 Å². The molecule has 0 heterocycles. The molecule has 1 rings (SSSR count). The molecule has 1 atom stereocenters. The third-order valence-corrected chi connectivity index (χ3v) is 2.30. The summed E-state index contributed by atoms with van der Waals surface area (Å²) in [5.41, 5.74) is 3.64. The van der Waals surface area contributed by atoms with Crippen LogP contribution in [0.1, 0.15) is 22.8 Å². The number of rotatable bonds is 5. The molecule has 0 saturated heterocycles. The van der Waals surface area contributed by atoms with E-state index in [0.29, 0.717) is 5.56 Å². The number of hydrogen-bond donors (Lipinski definition) is 3. The van der Waals surface area contributed by atoms with Crippen LogP contribution in [0.15, 0.2) is 24.3 Å². The van der Waals surface area contributed by atoms with Crippen molar-refractivity contribution in [2.24, 2.45) is 5.84 Å². The van der Waals surface area contributed by atoms with Crippen LogP contribution >= 0.6 is 0 Å². The van der Waals surface area contributed by atoms with Crippen LogP contribution in [0.5, 0.6) is 0 Å². The van der Waals surface area contributed by atoms with Crippen LogP contribution in [0.3, 0.4) is 0 Å². The minimum Gasteiger partial charge on any atom is -0.480 e. The van der Waals surface area contributed by atoms with E-state index in [1.807, 2.05) is 0 Å². The highest BCUT2D eigenvalue weighted by atomic mass is 16.4. The van der Waals surface area contributed by atoms with Gasteiger partial charge in [0.25, 0.3) is 0 Å². The summed E-state index contributed by atoms with van der Waals surface area (Å²) < 4.78 is 0. The Balaban J connectivity index is 2.75. The van der Waals surface area contributed by atoms with E-state index in [1.54, 1.807) is 24.3 Å². The lowest BCUT2D eigenvalue weighted by atomic mass is 10.0. The van der Waals surface area contributed by atoms with E-state index in [4.69, 9.17) is 10.9 Å². The third kappa shape index (κ3) is 3.15. The molecular formula is C11H14N2O3. The van der Waals surface area contributed by atoms with E-state index in [2.05, 4.69) is 5.43 Å². The monoisotopic (exact) mass is 222 g/mol. The lowest BCUT2D eigenvalue weighted by Gasteiger charge is -2.10. The molecule has 0 saturated carbocycles. The van der Waals surface area contributed by atoms with Crippen LogP contribution in [-0.4, -0.2) is 22.9 Å². The van der Waals surface area contributed by atoms with Crippen molar-refractivity contribution in [1.29, 1.82) is 0 Å². The first-order valence-corrected chi connectivity index (χ1v) is 4.83. The van der Waals surface area contributed by atoms with E-state index in [-0.39, 0.29) is 12.2 Å². The second-order valence-electron chi connectivity index (χ2n) is 3.51. The number of carbonyl (C=O) groups excluding carboxylic acids is 1. The van der Waals surface area contributed by atoms with Crippen molar-refractivity contribution < 1.29 is 14.7 Å². The van der Waals surface area contributed by atoms with Crippen LogP contribution < -0.4 is 11.3 Å². The number of aliphatic carboxylic acids is 1. The Hall–Kier alpha value is -1.72. The molecule has 1 aromatic carbocycles. The van der Waals surface area contributed by atoms with Gasteiger partial charge < -0.3 is 5.11 Å². The van der Waals surface area contributed by atoms with Gasteiger partial charge in [-0.05, 0) is 18.9 Å². The Morgan fingerprint density at radius 2 is 1.94 bits per heavy atom. The number of hydrazine groups is 1. The first-order chi connectivity index (χ1) is 7.54. The van der Waals surface area contributed by atoms with Crippen molar-refractivity contribution in [1.82, 2.24) is 5.43 Å². The standard InChI is InChI=1S/C11H14N2O3/c1-7(14)9-4-2-8(3-5-9)6-10(13-12)11(15)16/h2-5,10,13H,6,12H2,1H3,(H,15,16)/t10-/m0/s1. The molecule has 0 aliphatic heterocycles. The highest BCUT2D eigenvalue weighted by Gasteiger charge is 2.15. The number of nitrogens with one attached hydrogen (secondary N) is 1. The van der Waals surface area contributed by atoms with Crippen LogP contribution in [-0.2, 0) is 11.2 Å². The molecule has 16 heavy (non-hydrogen) atoms. The minimum atomic E-state index is -1.00. The van der Waals surface area contributed by atoms with Gasteiger partial charge in [-0.15, -0.1) is 0 Å². The maximum atomic E-state index is 11.0.